The highest BCUT2D eigenvalue weighted by atomic mass is 16.3. The molecule has 156 valence electrons. The lowest BCUT2D eigenvalue weighted by molar-refractivity contribution is 0.0730. The van der Waals surface area contributed by atoms with E-state index in [-0.39, 0.29) is 24.3 Å². The maximum absolute atomic E-state index is 13.1. The van der Waals surface area contributed by atoms with Crippen LogP contribution in [0, 0.1) is 12.8 Å². The van der Waals surface area contributed by atoms with Crippen molar-refractivity contribution in [1.82, 2.24) is 34.6 Å². The van der Waals surface area contributed by atoms with Crippen LogP contribution in [-0.4, -0.2) is 77.8 Å². The summed E-state index contributed by atoms with van der Waals surface area (Å²) in [7, 11) is 0. The molecule has 0 aromatic carbocycles. The number of hydrogen-bond donors (Lipinski definition) is 2. The Kier molecular flexibility index (Phi) is 4.50. The number of fused-ring (bicyclic) bond motifs is 2. The Morgan fingerprint density at radius 3 is 2.93 bits per heavy atom. The van der Waals surface area contributed by atoms with Crippen molar-refractivity contribution in [3.8, 4) is 0 Å². The van der Waals surface area contributed by atoms with E-state index in [9.17, 15) is 14.7 Å². The molecular weight excluding hydrogens is 386 g/mol. The van der Waals surface area contributed by atoms with Crippen LogP contribution in [-0.2, 0) is 13.0 Å². The van der Waals surface area contributed by atoms with Gasteiger partial charge in [0.25, 0.3) is 11.8 Å². The van der Waals surface area contributed by atoms with E-state index >= 15 is 0 Å². The molecule has 3 aromatic heterocycles. The third-order valence-corrected chi connectivity index (χ3v) is 6.14. The number of carbonyl (C=O) groups excluding carboxylic acids is 2. The van der Waals surface area contributed by atoms with Gasteiger partial charge in [-0.15, -0.1) is 0 Å². The Bertz CT molecular complexity index is 1130. The first-order chi connectivity index (χ1) is 14.6. The van der Waals surface area contributed by atoms with Gasteiger partial charge in [0, 0.05) is 50.0 Å². The number of amides is 2. The molecule has 5 rings (SSSR count). The summed E-state index contributed by atoms with van der Waals surface area (Å²) in [6.07, 6.45) is 4.62. The van der Waals surface area contributed by atoms with Gasteiger partial charge in [-0.2, -0.15) is 10.2 Å². The molecule has 10 nitrogen and oxygen atoms in total. The molecule has 0 saturated carbocycles. The zero-order chi connectivity index (χ0) is 20.8. The minimum Gasteiger partial charge on any atom is -0.396 e. The summed E-state index contributed by atoms with van der Waals surface area (Å²) < 4.78 is 1.66. The normalized spacial score (nSPS) is 18.8. The Morgan fingerprint density at radius 2 is 2.13 bits per heavy atom. The van der Waals surface area contributed by atoms with Crippen molar-refractivity contribution in [2.75, 3.05) is 26.2 Å². The van der Waals surface area contributed by atoms with Crippen LogP contribution in [0.25, 0.3) is 5.65 Å². The lowest BCUT2D eigenvalue weighted by Gasteiger charge is -2.27. The highest BCUT2D eigenvalue weighted by Crippen LogP contribution is 2.25. The highest BCUT2D eigenvalue weighted by Gasteiger charge is 2.33. The lowest BCUT2D eigenvalue weighted by atomic mass is 10.0. The van der Waals surface area contributed by atoms with Gasteiger partial charge in [0.1, 0.15) is 0 Å². The molecule has 0 radical (unpaired) electrons. The van der Waals surface area contributed by atoms with Crippen LogP contribution >= 0.6 is 0 Å². The smallest absolute Gasteiger partial charge is 0.274 e. The second kappa shape index (κ2) is 7.21. The van der Waals surface area contributed by atoms with Gasteiger partial charge in [-0.05, 0) is 19.8 Å². The van der Waals surface area contributed by atoms with Crippen molar-refractivity contribution < 1.29 is 14.7 Å². The molecule has 1 saturated heterocycles. The van der Waals surface area contributed by atoms with Crippen LogP contribution < -0.4 is 0 Å². The van der Waals surface area contributed by atoms with Crippen molar-refractivity contribution in [3.63, 3.8) is 0 Å². The van der Waals surface area contributed by atoms with Crippen LogP contribution in [0.5, 0.6) is 0 Å². The van der Waals surface area contributed by atoms with Gasteiger partial charge >= 0.3 is 0 Å². The summed E-state index contributed by atoms with van der Waals surface area (Å²) in [6, 6.07) is 1.79. The SMILES string of the molecule is Cc1c(C(=O)N2CCc3c(C(=O)N4CCC(CO)C4)n[nH]c3C2)cnc2ccnn12. The number of likely N-dealkylation sites (tertiary alicyclic amines) is 1. The van der Waals surface area contributed by atoms with Gasteiger partial charge in [-0.3, -0.25) is 14.7 Å². The van der Waals surface area contributed by atoms with Crippen LogP contribution in [0.15, 0.2) is 18.5 Å². The number of aromatic amines is 1. The maximum Gasteiger partial charge on any atom is 0.274 e. The molecule has 2 N–H and O–H groups in total. The van der Waals surface area contributed by atoms with Crippen molar-refractivity contribution >= 4 is 17.5 Å². The molecule has 1 unspecified atom stereocenters. The van der Waals surface area contributed by atoms with Gasteiger partial charge in [-0.1, -0.05) is 0 Å². The average molecular weight is 409 g/mol. The number of carbonyl (C=O) groups is 2. The zero-order valence-corrected chi connectivity index (χ0v) is 16.7. The second-order valence-corrected chi connectivity index (χ2v) is 7.95. The minimum absolute atomic E-state index is 0.0954. The zero-order valence-electron chi connectivity index (χ0n) is 16.7. The minimum atomic E-state index is -0.115. The molecule has 10 heteroatoms. The van der Waals surface area contributed by atoms with Gasteiger partial charge in [-0.25, -0.2) is 9.50 Å². The number of aromatic nitrogens is 5. The lowest BCUT2D eigenvalue weighted by Crippen LogP contribution is -2.37. The van der Waals surface area contributed by atoms with Crippen molar-refractivity contribution in [3.05, 3.63) is 46.7 Å². The first-order valence-corrected chi connectivity index (χ1v) is 10.1. The van der Waals surface area contributed by atoms with E-state index in [4.69, 9.17) is 0 Å². The molecule has 30 heavy (non-hydrogen) atoms. The number of aryl methyl sites for hydroxylation is 1. The van der Waals surface area contributed by atoms with Gasteiger partial charge in [0.05, 0.1) is 29.7 Å². The Morgan fingerprint density at radius 1 is 1.27 bits per heavy atom. The predicted octanol–water partition coefficient (Wildman–Crippen LogP) is 0.414. The van der Waals surface area contributed by atoms with Crippen molar-refractivity contribution in [2.45, 2.75) is 26.3 Å². The van der Waals surface area contributed by atoms with Crippen LogP contribution in [0.3, 0.4) is 0 Å². The van der Waals surface area contributed by atoms with Crippen molar-refractivity contribution in [2.24, 2.45) is 5.92 Å². The number of rotatable bonds is 3. The summed E-state index contributed by atoms with van der Waals surface area (Å²) in [5.74, 6) is -0.0796. The topological polar surface area (TPSA) is 120 Å². The van der Waals surface area contributed by atoms with Gasteiger partial charge in [0.15, 0.2) is 11.3 Å². The predicted molar refractivity (Wildman–Crippen MR) is 106 cm³/mol. The Balaban J connectivity index is 1.35. The summed E-state index contributed by atoms with van der Waals surface area (Å²) >= 11 is 0. The Hall–Kier alpha value is -3.27. The summed E-state index contributed by atoms with van der Waals surface area (Å²) in [5, 5.41) is 20.8. The summed E-state index contributed by atoms with van der Waals surface area (Å²) in [5.41, 5.74) is 4.07. The maximum atomic E-state index is 13.1. The molecule has 2 aliphatic rings. The van der Waals surface area contributed by atoms with Crippen LogP contribution in [0.4, 0.5) is 0 Å². The van der Waals surface area contributed by atoms with E-state index in [1.165, 1.54) is 0 Å². The molecule has 1 atom stereocenters. The van der Waals surface area contributed by atoms with Crippen molar-refractivity contribution in [1.29, 1.82) is 0 Å². The fourth-order valence-corrected chi connectivity index (χ4v) is 4.36. The monoisotopic (exact) mass is 409 g/mol. The Labute approximate surface area is 172 Å². The molecule has 1 fully saturated rings. The molecule has 0 bridgehead atoms. The molecule has 2 amide bonds. The first-order valence-electron chi connectivity index (χ1n) is 10.1. The number of hydrogen-bond acceptors (Lipinski definition) is 6. The van der Waals surface area contributed by atoms with Crippen LogP contribution in [0.1, 0.15) is 44.2 Å². The van der Waals surface area contributed by atoms with Crippen LogP contribution in [0.2, 0.25) is 0 Å². The number of H-pyrrole nitrogens is 1. The number of aliphatic hydroxyl groups excluding tert-OH is 1. The largest absolute Gasteiger partial charge is 0.396 e. The van der Waals surface area contributed by atoms with E-state index in [1.807, 2.05) is 6.92 Å². The first kappa shape index (κ1) is 18.7. The third-order valence-electron chi connectivity index (χ3n) is 6.14. The summed E-state index contributed by atoms with van der Waals surface area (Å²) in [4.78, 5) is 33.8. The fraction of sp³-hybridized carbons (Fsp3) is 0.450. The molecule has 3 aromatic rings. The molecular formula is C20H23N7O3. The van der Waals surface area contributed by atoms with E-state index in [0.29, 0.717) is 49.5 Å². The number of nitrogens with zero attached hydrogens (tertiary/aromatic N) is 6. The van der Waals surface area contributed by atoms with Gasteiger partial charge < -0.3 is 14.9 Å². The number of aliphatic hydroxyl groups is 1. The highest BCUT2D eigenvalue weighted by molar-refractivity contribution is 5.96. The molecule has 0 spiro atoms. The third kappa shape index (κ3) is 2.95. The van der Waals surface area contributed by atoms with E-state index in [2.05, 4.69) is 20.3 Å². The molecule has 2 aliphatic heterocycles. The van der Waals surface area contributed by atoms with Gasteiger partial charge in [0.2, 0.25) is 0 Å². The summed E-state index contributed by atoms with van der Waals surface area (Å²) in [6.45, 7) is 4.01. The standard InChI is InChI=1S/C20H23N7O3/c1-12-15(8-21-17-2-5-22-27(12)17)19(29)26-7-4-14-16(10-26)23-24-18(14)20(30)25-6-3-13(9-25)11-28/h2,5,8,13,28H,3-4,6-7,9-11H2,1H3,(H,23,24). The van der Waals surface area contributed by atoms with E-state index in [1.54, 1.807) is 32.8 Å². The van der Waals surface area contributed by atoms with E-state index in [0.717, 1.165) is 23.4 Å². The fourth-order valence-electron chi connectivity index (χ4n) is 4.36. The molecule has 5 heterocycles. The average Bonchev–Trinajstić information content (AvgIpc) is 3.51. The second-order valence-electron chi connectivity index (χ2n) is 7.95. The number of nitrogens with one attached hydrogen (secondary N) is 1. The quantitative estimate of drug-likeness (QED) is 0.647. The molecule has 0 aliphatic carbocycles. The van der Waals surface area contributed by atoms with E-state index < -0.39 is 0 Å².